The van der Waals surface area contributed by atoms with Crippen molar-refractivity contribution in [2.75, 3.05) is 0 Å². The first-order valence-corrected chi connectivity index (χ1v) is 7.23. The van der Waals surface area contributed by atoms with E-state index in [1.165, 1.54) is 11.1 Å². The zero-order valence-corrected chi connectivity index (χ0v) is 13.0. The minimum absolute atomic E-state index is 0.0316. The van der Waals surface area contributed by atoms with Crippen molar-refractivity contribution in [2.24, 2.45) is 0 Å². The molecule has 1 heterocycles. The summed E-state index contributed by atoms with van der Waals surface area (Å²) in [7, 11) is 0. The van der Waals surface area contributed by atoms with Gasteiger partial charge in [0.05, 0.1) is 17.6 Å². The zero-order valence-electron chi connectivity index (χ0n) is 11.4. The molecule has 0 atom stereocenters. The van der Waals surface area contributed by atoms with E-state index >= 15 is 0 Å². The monoisotopic (exact) mass is 330 g/mol. The van der Waals surface area contributed by atoms with Crippen LogP contribution in [-0.4, -0.2) is 14.7 Å². The molecule has 4 heteroatoms. The summed E-state index contributed by atoms with van der Waals surface area (Å²) in [5.74, 6) is 0. The Morgan fingerprint density at radius 1 is 1.15 bits per heavy atom. The summed E-state index contributed by atoms with van der Waals surface area (Å²) in [4.78, 5) is 4.47. The quantitative estimate of drug-likeness (QED) is 0.773. The average Bonchev–Trinajstić information content (AvgIpc) is 2.82. The van der Waals surface area contributed by atoms with Crippen molar-refractivity contribution in [3.63, 3.8) is 0 Å². The second-order valence-corrected chi connectivity index (χ2v) is 5.83. The second-order valence-electron chi connectivity index (χ2n) is 4.97. The lowest BCUT2D eigenvalue weighted by Crippen LogP contribution is -1.95. The van der Waals surface area contributed by atoms with Crippen LogP contribution in [0.2, 0.25) is 0 Å². The van der Waals surface area contributed by atoms with Crippen molar-refractivity contribution in [3.8, 4) is 5.69 Å². The highest BCUT2D eigenvalue weighted by Gasteiger charge is 2.08. The highest BCUT2D eigenvalue weighted by Crippen LogP contribution is 2.25. The van der Waals surface area contributed by atoms with Crippen LogP contribution in [0.1, 0.15) is 16.7 Å². The molecular formula is C16H15BrN2O. The minimum Gasteiger partial charge on any atom is -0.392 e. The number of hydrogen-bond donors (Lipinski definition) is 1. The van der Waals surface area contributed by atoms with E-state index in [4.69, 9.17) is 0 Å². The van der Waals surface area contributed by atoms with Gasteiger partial charge in [0.1, 0.15) is 6.33 Å². The summed E-state index contributed by atoms with van der Waals surface area (Å²) in [5, 5.41) is 9.23. The number of imidazole rings is 1. The number of rotatable bonds is 2. The Morgan fingerprint density at radius 3 is 2.60 bits per heavy atom. The number of halogens is 1. The van der Waals surface area contributed by atoms with E-state index in [1.54, 1.807) is 0 Å². The molecule has 0 radical (unpaired) electrons. The van der Waals surface area contributed by atoms with Gasteiger partial charge in [-0.05, 0) is 54.8 Å². The van der Waals surface area contributed by atoms with Crippen LogP contribution in [0, 0.1) is 13.8 Å². The van der Waals surface area contributed by atoms with Crippen LogP contribution >= 0.6 is 15.9 Å². The second kappa shape index (κ2) is 5.04. The lowest BCUT2D eigenvalue weighted by molar-refractivity contribution is 0.281. The molecule has 102 valence electrons. The average molecular weight is 331 g/mol. The maximum atomic E-state index is 9.23. The summed E-state index contributed by atoms with van der Waals surface area (Å²) in [6.45, 7) is 4.24. The molecule has 0 saturated heterocycles. The predicted octanol–water partition coefficient (Wildman–Crippen LogP) is 3.90. The van der Waals surface area contributed by atoms with Gasteiger partial charge in [-0.25, -0.2) is 4.98 Å². The molecule has 3 nitrogen and oxygen atoms in total. The first kappa shape index (κ1) is 13.3. The zero-order chi connectivity index (χ0) is 14.3. The van der Waals surface area contributed by atoms with Gasteiger partial charge in [0.2, 0.25) is 0 Å². The predicted molar refractivity (Wildman–Crippen MR) is 84.2 cm³/mol. The third-order valence-electron chi connectivity index (χ3n) is 3.65. The summed E-state index contributed by atoms with van der Waals surface area (Å²) in [5.41, 5.74) is 6.50. The molecule has 0 spiro atoms. The smallest absolute Gasteiger partial charge is 0.100 e. The number of aliphatic hydroxyl groups excluding tert-OH is 1. The number of benzene rings is 2. The van der Waals surface area contributed by atoms with Gasteiger partial charge < -0.3 is 5.11 Å². The molecule has 20 heavy (non-hydrogen) atoms. The van der Waals surface area contributed by atoms with E-state index in [2.05, 4.69) is 51.5 Å². The molecule has 0 amide bonds. The van der Waals surface area contributed by atoms with Crippen molar-refractivity contribution in [1.29, 1.82) is 0 Å². The van der Waals surface area contributed by atoms with E-state index < -0.39 is 0 Å². The molecule has 3 rings (SSSR count). The Kier molecular flexibility index (Phi) is 3.36. The fraction of sp³-hybridized carbons (Fsp3) is 0.188. The maximum absolute atomic E-state index is 9.23. The third-order valence-corrected chi connectivity index (χ3v) is 4.39. The van der Waals surface area contributed by atoms with Gasteiger partial charge in [0.15, 0.2) is 0 Å². The lowest BCUT2D eigenvalue weighted by atomic mass is 10.1. The number of aromatic nitrogens is 2. The van der Waals surface area contributed by atoms with Gasteiger partial charge in [0, 0.05) is 10.2 Å². The number of hydrogen-bond acceptors (Lipinski definition) is 2. The van der Waals surface area contributed by atoms with Gasteiger partial charge in [-0.1, -0.05) is 22.0 Å². The molecule has 2 aromatic carbocycles. The van der Waals surface area contributed by atoms with Gasteiger partial charge in [-0.3, -0.25) is 4.57 Å². The van der Waals surface area contributed by atoms with Crippen molar-refractivity contribution in [3.05, 3.63) is 57.8 Å². The Labute approximate surface area is 126 Å². The molecule has 1 N–H and O–H groups in total. The largest absolute Gasteiger partial charge is 0.392 e. The fourth-order valence-corrected chi connectivity index (χ4v) is 2.78. The van der Waals surface area contributed by atoms with Crippen LogP contribution in [0.3, 0.4) is 0 Å². The van der Waals surface area contributed by atoms with Gasteiger partial charge >= 0.3 is 0 Å². The standard InChI is InChI=1S/C16H15BrN2O/c1-10-5-15-16(6-11(10)2)19(9-18-15)13-4-3-12(8-20)14(17)7-13/h3-7,9,20H,8H2,1-2H3. The van der Waals surface area contributed by atoms with Crippen LogP contribution in [0.5, 0.6) is 0 Å². The molecule has 1 aromatic heterocycles. The summed E-state index contributed by atoms with van der Waals surface area (Å²) in [6.07, 6.45) is 1.84. The molecular weight excluding hydrogens is 316 g/mol. The van der Waals surface area contributed by atoms with E-state index in [0.29, 0.717) is 0 Å². The summed E-state index contributed by atoms with van der Waals surface area (Å²) in [6, 6.07) is 10.2. The highest BCUT2D eigenvalue weighted by atomic mass is 79.9. The van der Waals surface area contributed by atoms with E-state index in [-0.39, 0.29) is 6.61 Å². The number of aliphatic hydroxyl groups is 1. The Hall–Kier alpha value is -1.65. The van der Waals surface area contributed by atoms with Crippen LogP contribution in [0.15, 0.2) is 41.1 Å². The Morgan fingerprint density at radius 2 is 1.90 bits per heavy atom. The van der Waals surface area contributed by atoms with Crippen molar-refractivity contribution in [1.82, 2.24) is 9.55 Å². The third kappa shape index (κ3) is 2.15. The van der Waals surface area contributed by atoms with Crippen molar-refractivity contribution >= 4 is 27.0 Å². The molecule has 3 aromatic rings. The lowest BCUT2D eigenvalue weighted by Gasteiger charge is -2.08. The molecule has 0 unspecified atom stereocenters. The van der Waals surface area contributed by atoms with Crippen LogP contribution in [-0.2, 0) is 6.61 Å². The molecule has 0 aliphatic heterocycles. The van der Waals surface area contributed by atoms with Gasteiger partial charge in [-0.15, -0.1) is 0 Å². The number of nitrogens with zero attached hydrogens (tertiary/aromatic N) is 2. The first-order chi connectivity index (χ1) is 9.60. The van der Waals surface area contributed by atoms with Crippen molar-refractivity contribution < 1.29 is 5.11 Å². The molecule has 0 bridgehead atoms. The van der Waals surface area contributed by atoms with E-state index in [1.807, 2.05) is 24.5 Å². The molecule has 0 aliphatic rings. The Bertz CT molecular complexity index is 793. The number of aryl methyl sites for hydroxylation is 2. The van der Waals surface area contributed by atoms with Crippen LogP contribution in [0.25, 0.3) is 16.7 Å². The summed E-state index contributed by atoms with van der Waals surface area (Å²) >= 11 is 3.49. The van der Waals surface area contributed by atoms with Crippen molar-refractivity contribution in [2.45, 2.75) is 20.5 Å². The normalized spacial score (nSPS) is 11.2. The topological polar surface area (TPSA) is 38.0 Å². The SMILES string of the molecule is Cc1cc2ncn(-c3ccc(CO)c(Br)c3)c2cc1C. The van der Waals surface area contributed by atoms with Gasteiger partial charge in [0.25, 0.3) is 0 Å². The number of fused-ring (bicyclic) bond motifs is 1. The summed E-state index contributed by atoms with van der Waals surface area (Å²) < 4.78 is 2.97. The molecule has 0 aliphatic carbocycles. The Balaban J connectivity index is 2.19. The fourth-order valence-electron chi connectivity index (χ4n) is 2.28. The van der Waals surface area contributed by atoms with Gasteiger partial charge in [-0.2, -0.15) is 0 Å². The van der Waals surface area contributed by atoms with E-state index in [9.17, 15) is 5.11 Å². The highest BCUT2D eigenvalue weighted by molar-refractivity contribution is 9.10. The maximum Gasteiger partial charge on any atom is 0.100 e. The van der Waals surface area contributed by atoms with E-state index in [0.717, 1.165) is 26.8 Å². The van der Waals surface area contributed by atoms with Crippen LogP contribution in [0.4, 0.5) is 0 Å². The van der Waals surface area contributed by atoms with Crippen LogP contribution < -0.4 is 0 Å². The minimum atomic E-state index is 0.0316. The molecule has 0 fully saturated rings. The molecule has 0 saturated carbocycles. The first-order valence-electron chi connectivity index (χ1n) is 6.44.